The summed E-state index contributed by atoms with van der Waals surface area (Å²) < 4.78 is 4.91. The number of aromatic nitrogens is 2. The Bertz CT molecular complexity index is 2780. The van der Waals surface area contributed by atoms with Crippen molar-refractivity contribution in [2.75, 3.05) is 0 Å². The van der Waals surface area contributed by atoms with Gasteiger partial charge in [0.15, 0.2) is 0 Å². The number of hydrogen-bond donors (Lipinski definition) is 0. The highest BCUT2D eigenvalue weighted by Gasteiger charge is 2.21. The molecule has 0 radical (unpaired) electrons. The lowest BCUT2D eigenvalue weighted by Crippen LogP contribution is -2.00. The van der Waals surface area contributed by atoms with Gasteiger partial charge < -0.3 is 9.13 Å². The third-order valence-electron chi connectivity index (χ3n) is 10.1. The van der Waals surface area contributed by atoms with Crippen LogP contribution in [0.3, 0.4) is 0 Å². The van der Waals surface area contributed by atoms with E-state index < -0.39 is 0 Å². The summed E-state index contributed by atoms with van der Waals surface area (Å²) in [5, 5.41) is 4.99. The van der Waals surface area contributed by atoms with Crippen LogP contribution < -0.4 is 0 Å². The van der Waals surface area contributed by atoms with E-state index in [4.69, 9.17) is 0 Å². The normalized spacial score (nSPS) is 11.6. The van der Waals surface area contributed by atoms with Crippen LogP contribution in [0.25, 0.3) is 88.4 Å². The van der Waals surface area contributed by atoms with E-state index >= 15 is 0 Å². The highest BCUT2D eigenvalue weighted by molar-refractivity contribution is 6.16. The molecule has 2 nitrogen and oxygen atoms in total. The lowest BCUT2D eigenvalue weighted by atomic mass is 9.95. The molecule has 0 atom stereocenters. The monoisotopic (exact) mass is 636 g/mol. The van der Waals surface area contributed by atoms with E-state index in [0.717, 1.165) is 5.69 Å². The van der Waals surface area contributed by atoms with Crippen LogP contribution >= 0.6 is 0 Å². The first-order valence-electron chi connectivity index (χ1n) is 17.2. The van der Waals surface area contributed by atoms with Crippen LogP contribution in [0.5, 0.6) is 0 Å². The third kappa shape index (κ3) is 4.36. The van der Waals surface area contributed by atoms with E-state index in [1.807, 2.05) is 0 Å². The summed E-state index contributed by atoms with van der Waals surface area (Å²) in [6.45, 7) is 0. The summed E-state index contributed by atoms with van der Waals surface area (Å²) in [7, 11) is 0. The van der Waals surface area contributed by atoms with Gasteiger partial charge in [-0.1, -0.05) is 158 Å². The molecule has 2 aromatic heterocycles. The van der Waals surface area contributed by atoms with Crippen molar-refractivity contribution in [2.24, 2.45) is 0 Å². The first kappa shape index (κ1) is 28.4. The minimum atomic E-state index is 1.16. The standard InChI is InChI=1S/C48H32N2/c1-4-16-33(17-5-1)37-24-14-25-38(34-18-6-2-7-19-34)47(37)50-45-29-13-11-23-41(45)43-32-35(30-31-46(43)50)39-26-15-27-42-40-22-10-12-28-44(40)49(48(39)42)36-20-8-3-9-21-36/h1-32H. The van der Waals surface area contributed by atoms with Crippen molar-refractivity contribution in [1.82, 2.24) is 9.13 Å². The number of nitrogens with zero attached hydrogens (tertiary/aromatic N) is 2. The smallest absolute Gasteiger partial charge is 0.0619 e. The summed E-state index contributed by atoms with van der Waals surface area (Å²) in [5.74, 6) is 0. The second-order valence-electron chi connectivity index (χ2n) is 12.9. The van der Waals surface area contributed by atoms with Crippen molar-refractivity contribution in [3.63, 3.8) is 0 Å². The second-order valence-corrected chi connectivity index (χ2v) is 12.9. The number of rotatable bonds is 5. The zero-order valence-corrected chi connectivity index (χ0v) is 27.4. The molecule has 0 aliphatic rings. The molecule has 8 aromatic carbocycles. The number of hydrogen-bond acceptors (Lipinski definition) is 0. The summed E-state index contributed by atoms with van der Waals surface area (Å²) in [5.41, 5.74) is 14.4. The quantitative estimate of drug-likeness (QED) is 0.178. The van der Waals surface area contributed by atoms with Gasteiger partial charge in [0, 0.05) is 43.9 Å². The van der Waals surface area contributed by atoms with Crippen LogP contribution in [0.4, 0.5) is 0 Å². The molecular formula is C48H32N2. The average molecular weight is 637 g/mol. The molecule has 0 spiro atoms. The Morgan fingerprint density at radius 2 is 0.760 bits per heavy atom. The Hall–Kier alpha value is -6.64. The van der Waals surface area contributed by atoms with Gasteiger partial charge in [0.1, 0.15) is 0 Å². The van der Waals surface area contributed by atoms with Gasteiger partial charge in [-0.05, 0) is 53.1 Å². The summed E-state index contributed by atoms with van der Waals surface area (Å²) in [6.07, 6.45) is 0. The first-order chi connectivity index (χ1) is 24.8. The second kappa shape index (κ2) is 11.5. The topological polar surface area (TPSA) is 9.86 Å². The zero-order valence-electron chi connectivity index (χ0n) is 27.4. The predicted molar refractivity (Wildman–Crippen MR) is 211 cm³/mol. The Morgan fingerprint density at radius 3 is 1.42 bits per heavy atom. The summed E-state index contributed by atoms with van der Waals surface area (Å²) in [6, 6.07) is 70.4. The van der Waals surface area contributed by atoms with E-state index in [1.165, 1.54) is 82.7 Å². The van der Waals surface area contributed by atoms with Crippen molar-refractivity contribution in [2.45, 2.75) is 0 Å². The Kier molecular flexibility index (Phi) is 6.53. The maximum absolute atomic E-state index is 2.49. The van der Waals surface area contributed by atoms with E-state index in [2.05, 4.69) is 203 Å². The van der Waals surface area contributed by atoms with E-state index in [9.17, 15) is 0 Å². The molecule has 0 bridgehead atoms. The highest BCUT2D eigenvalue weighted by Crippen LogP contribution is 2.43. The fourth-order valence-electron chi connectivity index (χ4n) is 7.96. The fourth-order valence-corrected chi connectivity index (χ4v) is 7.96. The molecule has 0 unspecified atom stereocenters. The molecule has 0 aliphatic heterocycles. The molecule has 0 aliphatic carbocycles. The number of fused-ring (bicyclic) bond motifs is 6. The molecule has 10 rings (SSSR count). The number of benzene rings is 8. The van der Waals surface area contributed by atoms with Gasteiger partial charge in [-0.25, -0.2) is 0 Å². The lowest BCUT2D eigenvalue weighted by Gasteiger charge is -2.19. The van der Waals surface area contributed by atoms with Crippen molar-refractivity contribution in [1.29, 1.82) is 0 Å². The molecule has 2 heterocycles. The van der Waals surface area contributed by atoms with Gasteiger partial charge in [0.25, 0.3) is 0 Å². The molecule has 0 fully saturated rings. The molecule has 0 saturated carbocycles. The maximum Gasteiger partial charge on any atom is 0.0619 e. The van der Waals surface area contributed by atoms with Gasteiger partial charge in [-0.2, -0.15) is 0 Å². The van der Waals surface area contributed by atoms with Crippen molar-refractivity contribution < 1.29 is 0 Å². The van der Waals surface area contributed by atoms with Crippen LogP contribution in [-0.4, -0.2) is 9.13 Å². The molecule has 234 valence electrons. The molecule has 10 aromatic rings. The minimum Gasteiger partial charge on any atom is -0.309 e. The van der Waals surface area contributed by atoms with Gasteiger partial charge in [0.2, 0.25) is 0 Å². The highest BCUT2D eigenvalue weighted by atomic mass is 15.0. The van der Waals surface area contributed by atoms with Crippen molar-refractivity contribution in [3.8, 4) is 44.8 Å². The van der Waals surface area contributed by atoms with Gasteiger partial charge in [0.05, 0.1) is 27.8 Å². The molecular weight excluding hydrogens is 605 g/mol. The Balaban J connectivity index is 1.28. The van der Waals surface area contributed by atoms with E-state index in [1.54, 1.807) is 0 Å². The molecule has 0 amide bonds. The molecule has 2 heteroatoms. The molecule has 0 saturated heterocycles. The van der Waals surface area contributed by atoms with Crippen molar-refractivity contribution in [3.05, 3.63) is 194 Å². The molecule has 50 heavy (non-hydrogen) atoms. The zero-order chi connectivity index (χ0) is 33.0. The number of para-hydroxylation sites is 5. The van der Waals surface area contributed by atoms with Crippen LogP contribution in [-0.2, 0) is 0 Å². The Labute approximate surface area is 290 Å². The van der Waals surface area contributed by atoms with Gasteiger partial charge >= 0.3 is 0 Å². The summed E-state index contributed by atoms with van der Waals surface area (Å²) in [4.78, 5) is 0. The predicted octanol–water partition coefficient (Wildman–Crippen LogP) is 12.9. The van der Waals surface area contributed by atoms with Gasteiger partial charge in [-0.15, -0.1) is 0 Å². The molecule has 0 N–H and O–H groups in total. The van der Waals surface area contributed by atoms with E-state index in [0.29, 0.717) is 0 Å². The van der Waals surface area contributed by atoms with Crippen molar-refractivity contribution >= 4 is 43.6 Å². The van der Waals surface area contributed by atoms with Crippen LogP contribution in [0, 0.1) is 0 Å². The maximum atomic E-state index is 2.49. The van der Waals surface area contributed by atoms with E-state index in [-0.39, 0.29) is 0 Å². The van der Waals surface area contributed by atoms with Crippen LogP contribution in [0.15, 0.2) is 194 Å². The average Bonchev–Trinajstić information content (AvgIpc) is 3.71. The Morgan fingerprint density at radius 1 is 0.280 bits per heavy atom. The summed E-state index contributed by atoms with van der Waals surface area (Å²) >= 11 is 0. The fraction of sp³-hybridized carbons (Fsp3) is 0. The van der Waals surface area contributed by atoms with Crippen LogP contribution in [0.2, 0.25) is 0 Å². The largest absolute Gasteiger partial charge is 0.309 e. The lowest BCUT2D eigenvalue weighted by molar-refractivity contribution is 1.18. The van der Waals surface area contributed by atoms with Crippen LogP contribution in [0.1, 0.15) is 0 Å². The minimum absolute atomic E-state index is 1.16. The SMILES string of the molecule is c1ccc(-c2cccc(-c3ccccc3)c2-n2c3ccccc3c3cc(-c4cccc5c6ccccc6n(-c6ccccc6)c45)ccc32)cc1. The first-order valence-corrected chi connectivity index (χ1v) is 17.2. The van der Waals surface area contributed by atoms with Gasteiger partial charge in [-0.3, -0.25) is 0 Å². The third-order valence-corrected chi connectivity index (χ3v) is 10.1.